The van der Waals surface area contributed by atoms with Crippen LogP contribution in [-0.4, -0.2) is 11.8 Å². The van der Waals surface area contributed by atoms with E-state index < -0.39 is 0 Å². The van der Waals surface area contributed by atoms with Crippen LogP contribution < -0.4 is 9.64 Å². The van der Waals surface area contributed by atoms with Crippen molar-refractivity contribution in [3.63, 3.8) is 0 Å². The third-order valence-corrected chi connectivity index (χ3v) is 4.35. The van der Waals surface area contributed by atoms with Gasteiger partial charge in [0.25, 0.3) is 0 Å². The van der Waals surface area contributed by atoms with Gasteiger partial charge in [0.1, 0.15) is 11.5 Å². The summed E-state index contributed by atoms with van der Waals surface area (Å²) in [5, 5.41) is 2.15. The van der Waals surface area contributed by atoms with Gasteiger partial charge in [-0.15, -0.1) is 0 Å². The molecule has 2 amide bonds. The van der Waals surface area contributed by atoms with Crippen molar-refractivity contribution in [2.75, 3.05) is 4.90 Å². The van der Waals surface area contributed by atoms with Crippen molar-refractivity contribution in [2.24, 2.45) is 0 Å². The molecule has 0 saturated carbocycles. The lowest BCUT2D eigenvalue weighted by Crippen LogP contribution is -2.40. The minimum absolute atomic E-state index is 0.140. The molecule has 0 N–H and O–H groups in total. The number of imide groups is 1. The average Bonchev–Trinajstić information content (AvgIpc) is 2.63. The number of rotatable bonds is 3. The first-order valence-corrected chi connectivity index (χ1v) is 8.34. The highest BCUT2D eigenvalue weighted by Gasteiger charge is 2.27. The van der Waals surface area contributed by atoms with Crippen molar-refractivity contribution in [3.8, 4) is 11.5 Å². The van der Waals surface area contributed by atoms with Crippen LogP contribution in [0.25, 0.3) is 10.8 Å². The van der Waals surface area contributed by atoms with E-state index in [0.717, 1.165) is 16.5 Å². The van der Waals surface area contributed by atoms with Crippen LogP contribution in [0.15, 0.2) is 66.7 Å². The van der Waals surface area contributed by atoms with Crippen LogP contribution in [-0.2, 0) is 9.59 Å². The predicted octanol–water partition coefficient (Wildman–Crippen LogP) is 4.68. The third-order valence-electron chi connectivity index (χ3n) is 4.35. The molecule has 0 atom stereocenters. The molecule has 1 saturated heterocycles. The van der Waals surface area contributed by atoms with E-state index in [1.165, 1.54) is 4.90 Å². The monoisotopic (exact) mass is 331 g/mol. The maximum Gasteiger partial charge on any atom is 0.233 e. The fraction of sp³-hybridized carbons (Fsp3) is 0.143. The van der Waals surface area contributed by atoms with Crippen LogP contribution >= 0.6 is 0 Å². The molecule has 124 valence electrons. The average molecular weight is 331 g/mol. The Kier molecular flexibility index (Phi) is 3.94. The molecular weight excluding hydrogens is 314 g/mol. The smallest absolute Gasteiger partial charge is 0.233 e. The molecule has 3 aromatic rings. The van der Waals surface area contributed by atoms with E-state index in [1.807, 2.05) is 42.5 Å². The van der Waals surface area contributed by atoms with Crippen LogP contribution in [0.3, 0.4) is 0 Å². The molecule has 0 aliphatic carbocycles. The lowest BCUT2D eigenvalue weighted by Gasteiger charge is -2.24. The molecule has 4 rings (SSSR count). The Hall–Kier alpha value is -3.14. The molecule has 0 unspecified atom stereocenters. The number of amides is 2. The summed E-state index contributed by atoms with van der Waals surface area (Å²) in [6.07, 6.45) is 1.47. The summed E-state index contributed by atoms with van der Waals surface area (Å²) in [5.74, 6) is 1.16. The molecule has 25 heavy (non-hydrogen) atoms. The molecule has 0 aromatic heterocycles. The van der Waals surface area contributed by atoms with Gasteiger partial charge < -0.3 is 4.74 Å². The number of carbonyl (C=O) groups excluding carboxylic acids is 2. The first kappa shape index (κ1) is 15.4. The standard InChI is InChI=1S/C21H17NO3/c23-20-9-4-10-21(24)22(20)16-11-13-17(14-12-16)25-19-8-3-6-15-5-1-2-7-18(15)19/h1-3,5-8,11-14H,4,9-10H2. The molecule has 1 fully saturated rings. The van der Waals surface area contributed by atoms with Crippen molar-refractivity contribution in [2.45, 2.75) is 19.3 Å². The largest absolute Gasteiger partial charge is 0.457 e. The zero-order valence-electron chi connectivity index (χ0n) is 13.6. The lowest BCUT2D eigenvalue weighted by atomic mass is 10.1. The van der Waals surface area contributed by atoms with Gasteiger partial charge in [-0.3, -0.25) is 14.5 Å². The first-order valence-electron chi connectivity index (χ1n) is 8.34. The zero-order chi connectivity index (χ0) is 17.2. The van der Waals surface area contributed by atoms with Crippen molar-refractivity contribution < 1.29 is 14.3 Å². The minimum atomic E-state index is -0.140. The Morgan fingerprint density at radius 3 is 2.20 bits per heavy atom. The fourth-order valence-corrected chi connectivity index (χ4v) is 3.12. The van der Waals surface area contributed by atoms with Gasteiger partial charge in [-0.25, -0.2) is 0 Å². The highest BCUT2D eigenvalue weighted by atomic mass is 16.5. The highest BCUT2D eigenvalue weighted by molar-refractivity contribution is 6.16. The third kappa shape index (κ3) is 2.98. The van der Waals surface area contributed by atoms with Gasteiger partial charge in [-0.05, 0) is 42.1 Å². The Morgan fingerprint density at radius 1 is 0.760 bits per heavy atom. The van der Waals surface area contributed by atoms with Gasteiger partial charge >= 0.3 is 0 Å². The first-order chi connectivity index (χ1) is 12.2. The number of piperidine rings is 1. The topological polar surface area (TPSA) is 46.6 Å². The predicted molar refractivity (Wildman–Crippen MR) is 96.8 cm³/mol. The number of benzene rings is 3. The molecule has 0 spiro atoms. The number of ether oxygens (including phenoxy) is 1. The van der Waals surface area contributed by atoms with E-state index in [1.54, 1.807) is 24.3 Å². The van der Waals surface area contributed by atoms with Crippen LogP contribution in [0.1, 0.15) is 19.3 Å². The van der Waals surface area contributed by atoms with Gasteiger partial charge in [0.2, 0.25) is 11.8 Å². The summed E-state index contributed by atoms with van der Waals surface area (Å²) >= 11 is 0. The molecule has 1 aliphatic rings. The van der Waals surface area contributed by atoms with E-state index in [2.05, 4.69) is 0 Å². The normalized spacial score (nSPS) is 14.8. The van der Waals surface area contributed by atoms with Gasteiger partial charge in [0.05, 0.1) is 5.69 Å². The summed E-state index contributed by atoms with van der Waals surface area (Å²) in [7, 11) is 0. The molecule has 4 nitrogen and oxygen atoms in total. The molecule has 4 heteroatoms. The number of carbonyl (C=O) groups is 2. The number of nitrogens with zero attached hydrogens (tertiary/aromatic N) is 1. The van der Waals surface area contributed by atoms with Crippen molar-refractivity contribution in [1.82, 2.24) is 0 Å². The second-order valence-electron chi connectivity index (χ2n) is 6.05. The maximum absolute atomic E-state index is 12.0. The number of fused-ring (bicyclic) bond motifs is 1. The molecule has 0 bridgehead atoms. The van der Waals surface area contributed by atoms with E-state index in [4.69, 9.17) is 4.74 Å². The molecule has 3 aromatic carbocycles. The Bertz CT molecular complexity index is 926. The van der Waals surface area contributed by atoms with Gasteiger partial charge in [0, 0.05) is 18.2 Å². The van der Waals surface area contributed by atoms with Crippen LogP contribution in [0.5, 0.6) is 11.5 Å². The SMILES string of the molecule is O=C1CCCC(=O)N1c1ccc(Oc2cccc3ccccc23)cc1. The highest BCUT2D eigenvalue weighted by Crippen LogP contribution is 2.31. The quantitative estimate of drug-likeness (QED) is 0.655. The van der Waals surface area contributed by atoms with Crippen LogP contribution in [0, 0.1) is 0 Å². The fourth-order valence-electron chi connectivity index (χ4n) is 3.12. The lowest BCUT2D eigenvalue weighted by molar-refractivity contribution is -0.129. The Morgan fingerprint density at radius 2 is 1.44 bits per heavy atom. The second kappa shape index (κ2) is 6.40. The van der Waals surface area contributed by atoms with Gasteiger partial charge in [0.15, 0.2) is 0 Å². The molecule has 1 aliphatic heterocycles. The van der Waals surface area contributed by atoms with Gasteiger partial charge in [-0.2, -0.15) is 0 Å². The Balaban J connectivity index is 1.60. The number of hydrogen-bond donors (Lipinski definition) is 0. The summed E-state index contributed by atoms with van der Waals surface area (Å²) < 4.78 is 6.00. The van der Waals surface area contributed by atoms with Crippen molar-refractivity contribution >= 4 is 28.3 Å². The van der Waals surface area contributed by atoms with Crippen molar-refractivity contribution in [3.05, 3.63) is 66.7 Å². The summed E-state index contributed by atoms with van der Waals surface area (Å²) in [6.45, 7) is 0. The van der Waals surface area contributed by atoms with E-state index >= 15 is 0 Å². The number of hydrogen-bond acceptors (Lipinski definition) is 3. The second-order valence-corrected chi connectivity index (χ2v) is 6.05. The number of anilines is 1. The van der Waals surface area contributed by atoms with E-state index in [0.29, 0.717) is 30.7 Å². The van der Waals surface area contributed by atoms with E-state index in [9.17, 15) is 9.59 Å². The maximum atomic E-state index is 12.0. The summed E-state index contributed by atoms with van der Waals surface area (Å²) in [6, 6.07) is 21.0. The molecule has 0 radical (unpaired) electrons. The van der Waals surface area contributed by atoms with Crippen LogP contribution in [0.4, 0.5) is 5.69 Å². The summed E-state index contributed by atoms with van der Waals surface area (Å²) in [5.41, 5.74) is 0.597. The molecule has 1 heterocycles. The zero-order valence-corrected chi connectivity index (χ0v) is 13.6. The van der Waals surface area contributed by atoms with Crippen LogP contribution in [0.2, 0.25) is 0 Å². The van der Waals surface area contributed by atoms with Crippen molar-refractivity contribution in [1.29, 1.82) is 0 Å². The Labute approximate surface area is 145 Å². The molecular formula is C21H17NO3. The van der Waals surface area contributed by atoms with Gasteiger partial charge in [-0.1, -0.05) is 36.4 Å². The van der Waals surface area contributed by atoms with E-state index in [-0.39, 0.29) is 11.8 Å². The minimum Gasteiger partial charge on any atom is -0.457 e. The summed E-state index contributed by atoms with van der Waals surface area (Å²) in [4.78, 5) is 25.3.